The number of benzene rings is 1. The predicted octanol–water partition coefficient (Wildman–Crippen LogP) is 3.06. The van der Waals surface area contributed by atoms with E-state index in [9.17, 15) is 8.42 Å². The fraction of sp³-hybridized carbons (Fsp3) is 0.368. The highest BCUT2D eigenvalue weighted by Gasteiger charge is 2.37. The molecule has 0 spiro atoms. The van der Waals surface area contributed by atoms with Crippen LogP contribution in [-0.2, 0) is 10.0 Å². The molecule has 1 aliphatic rings. The molecule has 9 heteroatoms. The third-order valence-corrected chi connectivity index (χ3v) is 6.73. The molecule has 8 nitrogen and oxygen atoms in total. The maximum absolute atomic E-state index is 13.2. The Bertz CT molecular complexity index is 1060. The molecule has 1 fully saturated rings. The minimum absolute atomic E-state index is 0.237. The number of aromatic nitrogens is 4. The van der Waals surface area contributed by atoms with E-state index in [0.29, 0.717) is 18.7 Å². The average Bonchev–Trinajstić information content (AvgIpc) is 3.19. The van der Waals surface area contributed by atoms with Crippen LogP contribution >= 0.6 is 0 Å². The topological polar surface area (TPSA) is 102 Å². The first-order valence-corrected chi connectivity index (χ1v) is 10.6. The van der Waals surface area contributed by atoms with Gasteiger partial charge in [-0.3, -0.25) is 4.98 Å². The summed E-state index contributed by atoms with van der Waals surface area (Å²) in [5, 5.41) is 8.17. The van der Waals surface area contributed by atoms with Crippen LogP contribution in [0.4, 0.5) is 0 Å². The molecule has 1 aromatic carbocycles. The van der Waals surface area contributed by atoms with Crippen molar-refractivity contribution < 1.29 is 12.8 Å². The van der Waals surface area contributed by atoms with E-state index >= 15 is 0 Å². The summed E-state index contributed by atoms with van der Waals surface area (Å²) in [7, 11) is -3.66. The molecule has 3 heterocycles. The van der Waals surface area contributed by atoms with Gasteiger partial charge in [0.25, 0.3) is 5.89 Å². The molecule has 3 aromatic rings. The van der Waals surface area contributed by atoms with Crippen LogP contribution in [0.5, 0.6) is 0 Å². The van der Waals surface area contributed by atoms with Crippen molar-refractivity contribution in [1.82, 2.24) is 24.5 Å². The summed E-state index contributed by atoms with van der Waals surface area (Å²) in [4.78, 5) is 8.69. The van der Waals surface area contributed by atoms with Crippen LogP contribution < -0.4 is 0 Å². The Hall–Kier alpha value is -2.65. The summed E-state index contributed by atoms with van der Waals surface area (Å²) in [5.41, 5.74) is 2.26. The van der Waals surface area contributed by atoms with E-state index in [2.05, 4.69) is 20.2 Å². The SMILES string of the molecule is Cc1ccc(S(=O)(=O)N2CCCCC2c2nnc(-c3cnc(C)cn3)o2)cc1. The van der Waals surface area contributed by atoms with Crippen molar-refractivity contribution in [1.29, 1.82) is 0 Å². The highest BCUT2D eigenvalue weighted by molar-refractivity contribution is 7.89. The molecule has 1 unspecified atom stereocenters. The molecule has 146 valence electrons. The Balaban J connectivity index is 1.66. The maximum Gasteiger partial charge on any atom is 0.267 e. The summed E-state index contributed by atoms with van der Waals surface area (Å²) in [6, 6.07) is 6.38. The number of nitrogens with zero attached hydrogens (tertiary/aromatic N) is 5. The molecular weight excluding hydrogens is 378 g/mol. The number of rotatable bonds is 4. The second kappa shape index (κ2) is 7.40. The number of hydrogen-bond donors (Lipinski definition) is 0. The normalized spacial score (nSPS) is 18.3. The van der Waals surface area contributed by atoms with Crippen molar-refractivity contribution in [3.63, 3.8) is 0 Å². The molecule has 0 aliphatic carbocycles. The van der Waals surface area contributed by atoms with Crippen LogP contribution in [0.3, 0.4) is 0 Å². The van der Waals surface area contributed by atoms with Crippen molar-refractivity contribution >= 4 is 10.0 Å². The monoisotopic (exact) mass is 399 g/mol. The predicted molar refractivity (Wildman–Crippen MR) is 102 cm³/mol. The summed E-state index contributed by atoms with van der Waals surface area (Å²) in [6.07, 6.45) is 5.51. The Morgan fingerprint density at radius 1 is 1.04 bits per heavy atom. The van der Waals surface area contributed by atoms with Gasteiger partial charge in [0.15, 0.2) is 0 Å². The Kier molecular flexibility index (Phi) is 4.94. The summed E-state index contributed by atoms with van der Waals surface area (Å²) >= 11 is 0. The number of piperidine rings is 1. The molecule has 0 N–H and O–H groups in total. The van der Waals surface area contributed by atoms with Gasteiger partial charge in [-0.25, -0.2) is 13.4 Å². The highest BCUT2D eigenvalue weighted by atomic mass is 32.2. The third kappa shape index (κ3) is 3.55. The molecule has 0 bridgehead atoms. The van der Waals surface area contributed by atoms with Crippen molar-refractivity contribution in [3.8, 4) is 11.6 Å². The molecule has 1 atom stereocenters. The van der Waals surface area contributed by atoms with Crippen LogP contribution in [0, 0.1) is 13.8 Å². The highest BCUT2D eigenvalue weighted by Crippen LogP contribution is 2.35. The number of aryl methyl sites for hydroxylation is 2. The lowest BCUT2D eigenvalue weighted by molar-refractivity contribution is 0.220. The van der Waals surface area contributed by atoms with Gasteiger partial charge >= 0.3 is 0 Å². The smallest absolute Gasteiger partial charge is 0.267 e. The van der Waals surface area contributed by atoms with E-state index in [0.717, 1.165) is 24.1 Å². The Morgan fingerprint density at radius 3 is 2.54 bits per heavy atom. The standard InChI is InChI=1S/C19H21N5O3S/c1-13-6-8-15(9-7-13)28(25,26)24-10-4-3-5-17(24)19-23-22-18(27-19)16-12-20-14(2)11-21-16/h6-9,11-12,17H,3-5,10H2,1-2H3. The maximum atomic E-state index is 13.2. The lowest BCUT2D eigenvalue weighted by Crippen LogP contribution is -2.38. The van der Waals surface area contributed by atoms with E-state index in [1.807, 2.05) is 13.8 Å². The zero-order chi connectivity index (χ0) is 19.7. The fourth-order valence-corrected chi connectivity index (χ4v) is 4.91. The molecule has 0 amide bonds. The van der Waals surface area contributed by atoms with Crippen molar-refractivity contribution in [3.05, 3.63) is 53.8 Å². The van der Waals surface area contributed by atoms with E-state index in [-0.39, 0.29) is 16.7 Å². The number of sulfonamides is 1. The zero-order valence-corrected chi connectivity index (χ0v) is 16.6. The summed E-state index contributed by atoms with van der Waals surface area (Å²) in [5.74, 6) is 0.522. The molecule has 0 saturated carbocycles. The lowest BCUT2D eigenvalue weighted by atomic mass is 10.1. The quantitative estimate of drug-likeness (QED) is 0.664. The molecule has 4 rings (SSSR count). The Morgan fingerprint density at radius 2 is 1.82 bits per heavy atom. The largest absolute Gasteiger partial charge is 0.417 e. The van der Waals surface area contributed by atoms with Crippen LogP contribution in [-0.4, -0.2) is 39.4 Å². The van der Waals surface area contributed by atoms with Crippen LogP contribution in [0.1, 0.15) is 42.5 Å². The Labute approximate surface area is 163 Å². The molecule has 1 aliphatic heterocycles. The molecule has 1 saturated heterocycles. The first-order chi connectivity index (χ1) is 13.4. The second-order valence-corrected chi connectivity index (χ2v) is 8.82. The number of hydrogen-bond acceptors (Lipinski definition) is 7. The lowest BCUT2D eigenvalue weighted by Gasteiger charge is -2.32. The van der Waals surface area contributed by atoms with Gasteiger partial charge in [-0.2, -0.15) is 4.31 Å². The van der Waals surface area contributed by atoms with E-state index in [1.165, 1.54) is 4.31 Å². The second-order valence-electron chi connectivity index (χ2n) is 6.93. The van der Waals surface area contributed by atoms with Crippen LogP contribution in [0.25, 0.3) is 11.6 Å². The minimum atomic E-state index is -3.66. The summed E-state index contributed by atoms with van der Waals surface area (Å²) < 4.78 is 33.7. The molecule has 2 aromatic heterocycles. The van der Waals surface area contributed by atoms with Crippen LogP contribution in [0.2, 0.25) is 0 Å². The van der Waals surface area contributed by atoms with Gasteiger partial charge in [0.2, 0.25) is 15.9 Å². The van der Waals surface area contributed by atoms with Gasteiger partial charge in [0.1, 0.15) is 11.7 Å². The first kappa shape index (κ1) is 18.7. The van der Waals surface area contributed by atoms with Crippen molar-refractivity contribution in [2.24, 2.45) is 0 Å². The zero-order valence-electron chi connectivity index (χ0n) is 15.7. The van der Waals surface area contributed by atoms with E-state index in [1.54, 1.807) is 36.7 Å². The minimum Gasteiger partial charge on any atom is -0.417 e. The fourth-order valence-electron chi connectivity index (χ4n) is 3.26. The van der Waals surface area contributed by atoms with Gasteiger partial charge < -0.3 is 4.42 Å². The van der Waals surface area contributed by atoms with E-state index < -0.39 is 16.1 Å². The van der Waals surface area contributed by atoms with Gasteiger partial charge in [-0.1, -0.05) is 24.1 Å². The van der Waals surface area contributed by atoms with Gasteiger partial charge in [-0.05, 0) is 38.8 Å². The van der Waals surface area contributed by atoms with Crippen molar-refractivity contribution in [2.45, 2.75) is 44.0 Å². The van der Waals surface area contributed by atoms with Gasteiger partial charge in [0, 0.05) is 12.7 Å². The van der Waals surface area contributed by atoms with E-state index in [4.69, 9.17) is 4.42 Å². The average molecular weight is 399 g/mol. The van der Waals surface area contributed by atoms with Crippen LogP contribution in [0.15, 0.2) is 46.0 Å². The van der Waals surface area contributed by atoms with Crippen molar-refractivity contribution in [2.75, 3.05) is 6.54 Å². The molecule has 0 radical (unpaired) electrons. The van der Waals surface area contributed by atoms with Gasteiger partial charge in [-0.15, -0.1) is 10.2 Å². The molecular formula is C19H21N5O3S. The van der Waals surface area contributed by atoms with Gasteiger partial charge in [0.05, 0.1) is 16.8 Å². The first-order valence-electron chi connectivity index (χ1n) is 9.16. The molecule has 28 heavy (non-hydrogen) atoms. The summed E-state index contributed by atoms with van der Waals surface area (Å²) in [6.45, 7) is 4.18. The third-order valence-electron chi connectivity index (χ3n) is 4.81.